The summed E-state index contributed by atoms with van der Waals surface area (Å²) in [7, 11) is 0. The number of halogens is 1. The largest absolute Gasteiger partial charge is 0.508 e. The molecule has 0 fully saturated rings. The Kier molecular flexibility index (Phi) is 2.37. The summed E-state index contributed by atoms with van der Waals surface area (Å²) >= 11 is 0. The van der Waals surface area contributed by atoms with E-state index in [0.717, 1.165) is 22.8 Å². The van der Waals surface area contributed by atoms with Crippen LogP contribution in [0.2, 0.25) is 0 Å². The van der Waals surface area contributed by atoms with Gasteiger partial charge in [-0.25, -0.2) is 9.37 Å². The van der Waals surface area contributed by atoms with Crippen LogP contribution < -0.4 is 5.32 Å². The molecule has 4 nitrogen and oxygen atoms in total. The van der Waals surface area contributed by atoms with Crippen LogP contribution in [0.3, 0.4) is 0 Å². The van der Waals surface area contributed by atoms with Crippen LogP contribution in [-0.2, 0) is 0 Å². The third kappa shape index (κ3) is 1.75. The van der Waals surface area contributed by atoms with Gasteiger partial charge in [-0.2, -0.15) is 0 Å². The maximum atomic E-state index is 13.6. The topological polar surface area (TPSA) is 60.9 Å². The molecule has 2 aromatic heterocycles. The first-order valence-electron chi connectivity index (χ1n) is 5.42. The Labute approximate surface area is 102 Å². The van der Waals surface area contributed by atoms with Gasteiger partial charge in [-0.05, 0) is 24.3 Å². The standard InChI is InChI=1S/C13H10FN3O/c14-10-6-8(18)3-4-11(10)17-12-7-16-13-9(12)2-1-5-15-13/h1-7,17-18H,(H,15,16). The van der Waals surface area contributed by atoms with E-state index < -0.39 is 5.82 Å². The molecule has 3 N–H and O–H groups in total. The van der Waals surface area contributed by atoms with Crippen molar-refractivity contribution < 1.29 is 9.50 Å². The van der Waals surface area contributed by atoms with Crippen molar-refractivity contribution in [2.75, 3.05) is 5.32 Å². The molecule has 1 aromatic carbocycles. The summed E-state index contributed by atoms with van der Waals surface area (Å²) in [5.41, 5.74) is 1.78. The van der Waals surface area contributed by atoms with Crippen LogP contribution in [0.15, 0.2) is 42.7 Å². The molecule has 0 aliphatic rings. The highest BCUT2D eigenvalue weighted by atomic mass is 19.1. The lowest BCUT2D eigenvalue weighted by Gasteiger charge is -2.06. The number of aromatic hydroxyl groups is 1. The number of phenols is 1. The van der Waals surface area contributed by atoms with Gasteiger partial charge in [0.25, 0.3) is 0 Å². The Morgan fingerprint density at radius 2 is 2.11 bits per heavy atom. The summed E-state index contributed by atoms with van der Waals surface area (Å²) in [5, 5.41) is 13.0. The predicted octanol–water partition coefficient (Wildman–Crippen LogP) is 3.15. The molecule has 3 aromatic rings. The summed E-state index contributed by atoms with van der Waals surface area (Å²) in [6.07, 6.45) is 3.41. The second-order valence-corrected chi connectivity index (χ2v) is 3.89. The van der Waals surface area contributed by atoms with Gasteiger partial charge < -0.3 is 15.4 Å². The van der Waals surface area contributed by atoms with E-state index in [1.54, 1.807) is 12.4 Å². The Morgan fingerprint density at radius 3 is 2.94 bits per heavy atom. The lowest BCUT2D eigenvalue weighted by atomic mass is 10.2. The van der Waals surface area contributed by atoms with Gasteiger partial charge in [-0.15, -0.1) is 0 Å². The van der Waals surface area contributed by atoms with Crippen LogP contribution in [0, 0.1) is 5.82 Å². The molecule has 0 saturated carbocycles. The number of pyridine rings is 1. The van der Waals surface area contributed by atoms with Gasteiger partial charge in [0.2, 0.25) is 0 Å². The third-order valence-corrected chi connectivity index (χ3v) is 2.67. The number of benzene rings is 1. The number of aromatic nitrogens is 2. The molecule has 0 spiro atoms. The van der Waals surface area contributed by atoms with Crippen LogP contribution in [-0.4, -0.2) is 15.1 Å². The third-order valence-electron chi connectivity index (χ3n) is 2.67. The van der Waals surface area contributed by atoms with E-state index in [0.29, 0.717) is 5.69 Å². The molecule has 18 heavy (non-hydrogen) atoms. The van der Waals surface area contributed by atoms with Gasteiger partial charge in [0, 0.05) is 23.8 Å². The van der Waals surface area contributed by atoms with E-state index in [9.17, 15) is 4.39 Å². The SMILES string of the molecule is Oc1ccc(Nc2c[nH]c3ncccc23)c(F)c1. The highest BCUT2D eigenvalue weighted by Gasteiger charge is 2.07. The second-order valence-electron chi connectivity index (χ2n) is 3.89. The first-order valence-corrected chi connectivity index (χ1v) is 5.42. The zero-order valence-electron chi connectivity index (χ0n) is 9.31. The molecular formula is C13H10FN3O. The number of rotatable bonds is 2. The van der Waals surface area contributed by atoms with Crippen molar-refractivity contribution in [3.8, 4) is 5.75 Å². The van der Waals surface area contributed by atoms with E-state index in [4.69, 9.17) is 5.11 Å². The van der Waals surface area contributed by atoms with E-state index in [1.165, 1.54) is 12.1 Å². The number of fused-ring (bicyclic) bond motifs is 1. The molecule has 0 atom stereocenters. The normalized spacial score (nSPS) is 10.7. The number of anilines is 2. The van der Waals surface area contributed by atoms with E-state index >= 15 is 0 Å². The average molecular weight is 243 g/mol. The lowest BCUT2D eigenvalue weighted by molar-refractivity contribution is 0.469. The number of phenolic OH excluding ortho intramolecular Hbond substituents is 1. The molecule has 90 valence electrons. The number of H-pyrrole nitrogens is 1. The average Bonchev–Trinajstić information content (AvgIpc) is 2.76. The minimum absolute atomic E-state index is 0.0985. The molecule has 0 bridgehead atoms. The molecule has 2 heterocycles. The zero-order chi connectivity index (χ0) is 12.5. The predicted molar refractivity (Wildman–Crippen MR) is 67.4 cm³/mol. The number of aromatic amines is 1. The molecule has 0 aliphatic heterocycles. The van der Waals surface area contributed by atoms with Crippen molar-refractivity contribution in [2.24, 2.45) is 0 Å². The quantitative estimate of drug-likeness (QED) is 0.606. The minimum Gasteiger partial charge on any atom is -0.508 e. The summed E-state index contributed by atoms with van der Waals surface area (Å²) in [6, 6.07) is 7.68. The van der Waals surface area contributed by atoms with Crippen molar-refractivity contribution in [1.29, 1.82) is 0 Å². The van der Waals surface area contributed by atoms with Crippen LogP contribution in [0.1, 0.15) is 0 Å². The maximum Gasteiger partial charge on any atom is 0.150 e. The highest BCUT2D eigenvalue weighted by molar-refractivity contribution is 5.91. The van der Waals surface area contributed by atoms with Crippen LogP contribution in [0.25, 0.3) is 11.0 Å². The second kappa shape index (κ2) is 4.03. The maximum absolute atomic E-state index is 13.6. The molecule has 0 radical (unpaired) electrons. The fourth-order valence-corrected chi connectivity index (χ4v) is 1.81. The van der Waals surface area contributed by atoms with E-state index in [-0.39, 0.29) is 5.75 Å². The molecule has 0 amide bonds. The molecule has 0 saturated heterocycles. The monoisotopic (exact) mass is 243 g/mol. The van der Waals surface area contributed by atoms with Crippen LogP contribution >= 0.6 is 0 Å². The summed E-state index contributed by atoms with van der Waals surface area (Å²) in [6.45, 7) is 0. The molecule has 0 aliphatic carbocycles. The Hall–Kier alpha value is -2.56. The Morgan fingerprint density at radius 1 is 1.22 bits per heavy atom. The highest BCUT2D eigenvalue weighted by Crippen LogP contribution is 2.27. The van der Waals surface area contributed by atoms with Crippen LogP contribution in [0.4, 0.5) is 15.8 Å². The molecule has 5 heteroatoms. The van der Waals surface area contributed by atoms with Gasteiger partial charge in [0.1, 0.15) is 17.2 Å². The first kappa shape index (κ1) is 10.6. The van der Waals surface area contributed by atoms with Crippen LogP contribution in [0.5, 0.6) is 5.75 Å². The van der Waals surface area contributed by atoms with Crippen molar-refractivity contribution in [3.63, 3.8) is 0 Å². The number of hydrogen-bond acceptors (Lipinski definition) is 3. The fraction of sp³-hybridized carbons (Fsp3) is 0. The van der Waals surface area contributed by atoms with Crippen molar-refractivity contribution in [3.05, 3.63) is 48.5 Å². The van der Waals surface area contributed by atoms with Gasteiger partial charge >= 0.3 is 0 Å². The van der Waals surface area contributed by atoms with Gasteiger partial charge in [0.15, 0.2) is 0 Å². The number of nitrogens with zero attached hydrogens (tertiary/aromatic N) is 1. The minimum atomic E-state index is -0.506. The first-order chi connectivity index (χ1) is 8.74. The van der Waals surface area contributed by atoms with Crippen molar-refractivity contribution >= 4 is 22.4 Å². The summed E-state index contributed by atoms with van der Waals surface area (Å²) in [5.74, 6) is -0.605. The van der Waals surface area contributed by atoms with Gasteiger partial charge in [0.05, 0.1) is 11.4 Å². The van der Waals surface area contributed by atoms with Gasteiger partial charge in [-0.3, -0.25) is 0 Å². The molecular weight excluding hydrogens is 233 g/mol. The van der Waals surface area contributed by atoms with E-state index in [1.807, 2.05) is 12.1 Å². The molecule has 0 unspecified atom stereocenters. The zero-order valence-corrected chi connectivity index (χ0v) is 9.31. The van der Waals surface area contributed by atoms with Crippen molar-refractivity contribution in [1.82, 2.24) is 9.97 Å². The van der Waals surface area contributed by atoms with Gasteiger partial charge in [-0.1, -0.05) is 0 Å². The fourth-order valence-electron chi connectivity index (χ4n) is 1.81. The molecule has 3 rings (SSSR count). The Balaban J connectivity index is 2.01. The van der Waals surface area contributed by atoms with Crippen molar-refractivity contribution in [2.45, 2.75) is 0 Å². The number of nitrogens with one attached hydrogen (secondary N) is 2. The lowest BCUT2D eigenvalue weighted by Crippen LogP contribution is -1.92. The smallest absolute Gasteiger partial charge is 0.150 e. The summed E-state index contributed by atoms with van der Waals surface area (Å²) in [4.78, 5) is 7.14. The van der Waals surface area contributed by atoms with E-state index in [2.05, 4.69) is 15.3 Å². The Bertz CT molecular complexity index is 708. The summed E-state index contributed by atoms with van der Waals surface area (Å²) < 4.78 is 13.6. The number of hydrogen-bond donors (Lipinski definition) is 3.